The fourth-order valence-corrected chi connectivity index (χ4v) is 4.23. The number of primary amides is 1. The molecule has 0 aliphatic carbocycles. The molecule has 0 bridgehead atoms. The second-order valence-electron chi connectivity index (χ2n) is 4.89. The van der Waals surface area contributed by atoms with Gasteiger partial charge in [-0.25, -0.2) is 8.42 Å². The first-order chi connectivity index (χ1) is 9.28. The van der Waals surface area contributed by atoms with E-state index in [9.17, 15) is 13.2 Å². The number of hydrogen-bond acceptors (Lipinski definition) is 5. The summed E-state index contributed by atoms with van der Waals surface area (Å²) in [6.07, 6.45) is 1.27. The van der Waals surface area contributed by atoms with Crippen LogP contribution in [0.25, 0.3) is 0 Å². The van der Waals surface area contributed by atoms with Gasteiger partial charge in [0.1, 0.15) is 0 Å². The van der Waals surface area contributed by atoms with Crippen LogP contribution in [-0.2, 0) is 9.84 Å². The Bertz CT molecular complexity index is 646. The van der Waals surface area contributed by atoms with Crippen molar-refractivity contribution >= 4 is 38.7 Å². The third-order valence-electron chi connectivity index (χ3n) is 3.19. The second-order valence-corrected chi connectivity index (χ2v) is 7.52. The van der Waals surface area contributed by atoms with Crippen LogP contribution in [-0.4, -0.2) is 31.9 Å². The second kappa shape index (κ2) is 5.49. The topological polar surface area (TPSA) is 115 Å². The lowest BCUT2D eigenvalue weighted by Crippen LogP contribution is -2.35. The molecule has 110 valence electrons. The van der Waals surface area contributed by atoms with Gasteiger partial charge in [-0.2, -0.15) is 0 Å². The zero-order valence-electron chi connectivity index (χ0n) is 10.7. The SMILES string of the molecule is NC(=O)c1cc(N)cc(Cl)c1NC1CCCS(=O)(=O)C1. The molecular weight excluding hydrogens is 302 g/mol. The summed E-state index contributed by atoms with van der Waals surface area (Å²) < 4.78 is 23.2. The fourth-order valence-electron chi connectivity index (χ4n) is 2.31. The molecule has 1 aromatic carbocycles. The molecule has 2 rings (SSSR count). The number of nitrogens with one attached hydrogen (secondary N) is 1. The van der Waals surface area contributed by atoms with Crippen LogP contribution in [0.2, 0.25) is 5.02 Å². The number of halogens is 1. The van der Waals surface area contributed by atoms with E-state index >= 15 is 0 Å². The third kappa shape index (κ3) is 3.34. The highest BCUT2D eigenvalue weighted by Crippen LogP contribution is 2.31. The van der Waals surface area contributed by atoms with Crippen LogP contribution < -0.4 is 16.8 Å². The first kappa shape index (κ1) is 14.9. The zero-order chi connectivity index (χ0) is 14.9. The van der Waals surface area contributed by atoms with Crippen LogP contribution in [0.4, 0.5) is 11.4 Å². The summed E-state index contributed by atoms with van der Waals surface area (Å²) in [7, 11) is -3.05. The van der Waals surface area contributed by atoms with E-state index in [1.165, 1.54) is 12.1 Å². The average molecular weight is 318 g/mol. The maximum Gasteiger partial charge on any atom is 0.250 e. The van der Waals surface area contributed by atoms with E-state index in [4.69, 9.17) is 23.1 Å². The summed E-state index contributed by atoms with van der Waals surface area (Å²) in [4.78, 5) is 11.4. The van der Waals surface area contributed by atoms with Gasteiger partial charge in [0.15, 0.2) is 9.84 Å². The smallest absolute Gasteiger partial charge is 0.250 e. The van der Waals surface area contributed by atoms with Crippen molar-refractivity contribution in [3.63, 3.8) is 0 Å². The Morgan fingerprint density at radius 1 is 1.40 bits per heavy atom. The normalized spacial score (nSPS) is 21.4. The molecule has 1 heterocycles. The van der Waals surface area contributed by atoms with Crippen molar-refractivity contribution in [3.05, 3.63) is 22.7 Å². The van der Waals surface area contributed by atoms with Gasteiger partial charge in [-0.05, 0) is 25.0 Å². The molecule has 1 fully saturated rings. The molecule has 1 atom stereocenters. The Hall–Kier alpha value is -1.47. The first-order valence-electron chi connectivity index (χ1n) is 6.14. The van der Waals surface area contributed by atoms with E-state index in [1.807, 2.05) is 0 Å². The first-order valence-corrected chi connectivity index (χ1v) is 8.34. The largest absolute Gasteiger partial charge is 0.399 e. The maximum absolute atomic E-state index is 11.6. The minimum absolute atomic E-state index is 0.0197. The van der Waals surface area contributed by atoms with Crippen LogP contribution in [0.5, 0.6) is 0 Å². The highest BCUT2D eigenvalue weighted by atomic mass is 35.5. The van der Waals surface area contributed by atoms with Gasteiger partial charge in [0, 0.05) is 11.7 Å². The molecule has 0 radical (unpaired) electrons. The van der Waals surface area contributed by atoms with Crippen molar-refractivity contribution in [2.75, 3.05) is 22.6 Å². The van der Waals surface area contributed by atoms with Gasteiger partial charge < -0.3 is 16.8 Å². The van der Waals surface area contributed by atoms with Crippen LogP contribution in [0, 0.1) is 0 Å². The molecule has 1 aromatic rings. The summed E-state index contributed by atoms with van der Waals surface area (Å²) >= 11 is 6.07. The molecule has 1 aliphatic heterocycles. The Morgan fingerprint density at radius 2 is 2.10 bits per heavy atom. The number of hydrogen-bond donors (Lipinski definition) is 3. The lowest BCUT2D eigenvalue weighted by molar-refractivity contribution is 0.100. The Labute approximate surface area is 122 Å². The number of carbonyl (C=O) groups excluding carboxylic acids is 1. The molecule has 1 saturated heterocycles. The van der Waals surface area contributed by atoms with Gasteiger partial charge in [0.05, 0.1) is 27.8 Å². The van der Waals surface area contributed by atoms with Crippen molar-refractivity contribution < 1.29 is 13.2 Å². The van der Waals surface area contributed by atoms with E-state index in [0.717, 1.165) is 0 Å². The standard InChI is InChI=1S/C12H16ClN3O3S/c13-10-5-7(14)4-9(12(15)17)11(10)16-8-2-1-3-20(18,19)6-8/h4-5,8,16H,1-3,6,14H2,(H2,15,17). The Balaban J connectivity index is 2.31. The fraction of sp³-hybridized carbons (Fsp3) is 0.417. The highest BCUT2D eigenvalue weighted by molar-refractivity contribution is 7.91. The minimum atomic E-state index is -3.05. The number of rotatable bonds is 3. The zero-order valence-corrected chi connectivity index (χ0v) is 12.3. The van der Waals surface area contributed by atoms with E-state index in [1.54, 1.807) is 0 Å². The maximum atomic E-state index is 11.6. The molecule has 1 aliphatic rings. The van der Waals surface area contributed by atoms with Crippen LogP contribution in [0.3, 0.4) is 0 Å². The van der Waals surface area contributed by atoms with Gasteiger partial charge in [-0.1, -0.05) is 11.6 Å². The average Bonchev–Trinajstić information content (AvgIpc) is 2.30. The van der Waals surface area contributed by atoms with E-state index in [0.29, 0.717) is 24.2 Å². The minimum Gasteiger partial charge on any atom is -0.399 e. The predicted octanol–water partition coefficient (Wildman–Crippen LogP) is 1.01. The van der Waals surface area contributed by atoms with E-state index in [-0.39, 0.29) is 28.1 Å². The molecule has 5 N–H and O–H groups in total. The summed E-state index contributed by atoms with van der Waals surface area (Å²) in [5.41, 5.74) is 11.8. The Morgan fingerprint density at radius 3 is 2.70 bits per heavy atom. The molecule has 1 amide bonds. The van der Waals surface area contributed by atoms with Gasteiger partial charge in [-0.15, -0.1) is 0 Å². The van der Waals surface area contributed by atoms with E-state index in [2.05, 4.69) is 5.32 Å². The molecule has 6 nitrogen and oxygen atoms in total. The van der Waals surface area contributed by atoms with Gasteiger partial charge in [0.2, 0.25) is 0 Å². The molecule has 8 heteroatoms. The van der Waals surface area contributed by atoms with Crippen molar-refractivity contribution in [1.29, 1.82) is 0 Å². The number of nitrogens with two attached hydrogens (primary N) is 2. The van der Waals surface area contributed by atoms with E-state index < -0.39 is 15.7 Å². The summed E-state index contributed by atoms with van der Waals surface area (Å²) in [6.45, 7) is 0. The Kier molecular flexibility index (Phi) is 4.10. The molecule has 0 aromatic heterocycles. The molecule has 0 spiro atoms. The summed E-state index contributed by atoms with van der Waals surface area (Å²) in [6, 6.07) is 2.63. The van der Waals surface area contributed by atoms with Crippen molar-refractivity contribution in [2.24, 2.45) is 5.73 Å². The number of benzene rings is 1. The quantitative estimate of drug-likeness (QED) is 0.720. The number of anilines is 2. The number of nitrogen functional groups attached to an aromatic ring is 1. The summed E-state index contributed by atoms with van der Waals surface area (Å²) in [5, 5.41) is 3.27. The highest BCUT2D eigenvalue weighted by Gasteiger charge is 2.26. The third-order valence-corrected chi connectivity index (χ3v) is 5.31. The van der Waals surface area contributed by atoms with Gasteiger partial charge >= 0.3 is 0 Å². The van der Waals surface area contributed by atoms with Gasteiger partial charge in [-0.3, -0.25) is 4.79 Å². The summed E-state index contributed by atoms with van der Waals surface area (Å²) in [5.74, 6) is -0.449. The lowest BCUT2D eigenvalue weighted by Gasteiger charge is -2.25. The molecular formula is C12H16ClN3O3S. The molecule has 0 saturated carbocycles. The van der Waals surface area contributed by atoms with Crippen molar-refractivity contribution in [2.45, 2.75) is 18.9 Å². The lowest BCUT2D eigenvalue weighted by atomic mass is 10.1. The van der Waals surface area contributed by atoms with Crippen LogP contribution in [0.1, 0.15) is 23.2 Å². The number of amides is 1. The number of carbonyl (C=O) groups is 1. The van der Waals surface area contributed by atoms with Crippen LogP contribution >= 0.6 is 11.6 Å². The number of sulfone groups is 1. The molecule has 20 heavy (non-hydrogen) atoms. The predicted molar refractivity (Wildman–Crippen MR) is 79.7 cm³/mol. The van der Waals surface area contributed by atoms with Gasteiger partial charge in [0.25, 0.3) is 5.91 Å². The van der Waals surface area contributed by atoms with Crippen molar-refractivity contribution in [3.8, 4) is 0 Å². The monoisotopic (exact) mass is 317 g/mol. The molecule has 1 unspecified atom stereocenters. The van der Waals surface area contributed by atoms with Crippen molar-refractivity contribution in [1.82, 2.24) is 0 Å². The van der Waals surface area contributed by atoms with Crippen LogP contribution in [0.15, 0.2) is 12.1 Å².